The molecule has 0 aromatic carbocycles. The van der Waals surface area contributed by atoms with Crippen molar-refractivity contribution in [2.75, 3.05) is 13.2 Å². The first-order valence-corrected chi connectivity index (χ1v) is 7.15. The van der Waals surface area contributed by atoms with Crippen LogP contribution in [0.25, 0.3) is 0 Å². The lowest BCUT2D eigenvalue weighted by Gasteiger charge is -2.24. The molecule has 0 N–H and O–H groups in total. The quantitative estimate of drug-likeness (QED) is 0.593. The Morgan fingerprint density at radius 3 is 2.57 bits per heavy atom. The van der Waals surface area contributed by atoms with Crippen LogP contribution in [0.3, 0.4) is 0 Å². The molecule has 1 aromatic rings. The molecule has 5 nitrogen and oxygen atoms in total. The lowest BCUT2D eigenvalue weighted by atomic mass is 10.1. The molecule has 0 fully saturated rings. The number of esters is 1. The fourth-order valence-electron chi connectivity index (χ4n) is 1.75. The summed E-state index contributed by atoms with van der Waals surface area (Å²) < 4.78 is 40.3. The minimum atomic E-state index is -4.67. The molecule has 1 amide bonds. The molecule has 0 aliphatic rings. The summed E-state index contributed by atoms with van der Waals surface area (Å²) in [5.41, 5.74) is 0.535. The zero-order chi connectivity index (χ0) is 17.5. The lowest BCUT2D eigenvalue weighted by molar-refractivity contribution is -0.189. The normalized spacial score (nSPS) is 12.6. The van der Waals surface area contributed by atoms with Gasteiger partial charge in [-0.05, 0) is 18.1 Å². The molecule has 1 heterocycles. The molecule has 23 heavy (non-hydrogen) atoms. The topological polar surface area (TPSA) is 59.5 Å². The number of aromatic nitrogens is 1. The van der Waals surface area contributed by atoms with Gasteiger partial charge in [0, 0.05) is 12.7 Å². The average molecular weight is 332 g/mol. The van der Waals surface area contributed by atoms with E-state index < -0.39 is 24.7 Å². The number of rotatable bonds is 6. The van der Waals surface area contributed by atoms with Gasteiger partial charge in [0.2, 0.25) is 0 Å². The Bertz CT molecular complexity index is 520. The van der Waals surface area contributed by atoms with Crippen molar-refractivity contribution in [3.05, 3.63) is 30.1 Å². The van der Waals surface area contributed by atoms with Gasteiger partial charge in [-0.25, -0.2) is 4.79 Å². The minimum Gasteiger partial charge on any atom is -0.449 e. The number of ether oxygens (including phenoxy) is 1. The number of hydrogen-bond acceptors (Lipinski definition) is 4. The van der Waals surface area contributed by atoms with E-state index in [2.05, 4.69) is 9.72 Å². The van der Waals surface area contributed by atoms with Crippen LogP contribution in [0.5, 0.6) is 0 Å². The molecule has 0 saturated heterocycles. The number of alkyl halides is 3. The van der Waals surface area contributed by atoms with Gasteiger partial charge in [-0.3, -0.25) is 9.78 Å². The summed E-state index contributed by atoms with van der Waals surface area (Å²) >= 11 is 0. The molecule has 0 aliphatic carbocycles. The summed E-state index contributed by atoms with van der Waals surface area (Å²) in [6.45, 7) is 2.27. The van der Waals surface area contributed by atoms with Crippen molar-refractivity contribution in [2.24, 2.45) is 5.92 Å². The van der Waals surface area contributed by atoms with Crippen LogP contribution in [0.1, 0.15) is 26.0 Å². The molecule has 8 heteroatoms. The van der Waals surface area contributed by atoms with Crippen LogP contribution in [-0.4, -0.2) is 41.1 Å². The van der Waals surface area contributed by atoms with Gasteiger partial charge in [-0.2, -0.15) is 13.2 Å². The second-order valence-electron chi connectivity index (χ2n) is 5.21. The highest BCUT2D eigenvalue weighted by atomic mass is 19.4. The Balaban J connectivity index is 2.77. The van der Waals surface area contributed by atoms with Gasteiger partial charge in [-0.15, -0.1) is 0 Å². The van der Waals surface area contributed by atoms with Crippen molar-refractivity contribution < 1.29 is 27.5 Å². The smallest absolute Gasteiger partial charge is 0.422 e. The number of hydrogen-bond donors (Lipinski definition) is 0. The summed E-state index contributed by atoms with van der Waals surface area (Å²) in [5, 5.41) is 0. The Labute approximate surface area is 132 Å². The fraction of sp³-hybridized carbons (Fsp3) is 0.533. The van der Waals surface area contributed by atoms with E-state index in [0.29, 0.717) is 5.69 Å². The molecule has 0 radical (unpaired) electrons. The van der Waals surface area contributed by atoms with Gasteiger partial charge < -0.3 is 9.64 Å². The molecule has 0 spiro atoms. The van der Waals surface area contributed by atoms with Crippen molar-refractivity contribution in [2.45, 2.75) is 33.0 Å². The first-order chi connectivity index (χ1) is 10.7. The van der Waals surface area contributed by atoms with Gasteiger partial charge in [0.25, 0.3) is 0 Å². The summed E-state index contributed by atoms with van der Waals surface area (Å²) in [4.78, 5) is 28.8. The summed E-state index contributed by atoms with van der Waals surface area (Å²) in [5.74, 6) is -2.53. The van der Waals surface area contributed by atoms with Crippen molar-refractivity contribution in [1.82, 2.24) is 9.88 Å². The van der Waals surface area contributed by atoms with Gasteiger partial charge >= 0.3 is 18.1 Å². The van der Waals surface area contributed by atoms with E-state index in [1.807, 2.05) is 13.8 Å². The Kier molecular flexibility index (Phi) is 6.99. The third-order valence-corrected chi connectivity index (χ3v) is 3.14. The minimum absolute atomic E-state index is 0.0329. The van der Waals surface area contributed by atoms with Crippen molar-refractivity contribution >= 4 is 11.9 Å². The second kappa shape index (κ2) is 8.50. The molecule has 0 unspecified atom stereocenters. The third kappa shape index (κ3) is 7.12. The van der Waals surface area contributed by atoms with Crippen molar-refractivity contribution in [1.29, 1.82) is 0 Å². The standard InChI is InChI=1S/C15H19F3N2O3/c1-3-11(2)8-20(9-12-6-4-5-7-19-12)13(21)14(22)23-10-15(16,17)18/h4-7,11H,3,8-10H2,1-2H3/t11-/m1/s1. The molecule has 0 aliphatic heterocycles. The molecular weight excluding hydrogens is 313 g/mol. The Morgan fingerprint density at radius 1 is 1.35 bits per heavy atom. The molecule has 1 rings (SSSR count). The maximum Gasteiger partial charge on any atom is 0.422 e. The Morgan fingerprint density at radius 2 is 2.04 bits per heavy atom. The molecular formula is C15H19F3N2O3. The Hall–Kier alpha value is -2.12. The van der Waals surface area contributed by atoms with E-state index in [-0.39, 0.29) is 19.0 Å². The van der Waals surface area contributed by atoms with E-state index in [4.69, 9.17) is 0 Å². The zero-order valence-electron chi connectivity index (χ0n) is 13.0. The van der Waals surface area contributed by atoms with E-state index in [1.54, 1.807) is 18.2 Å². The van der Waals surface area contributed by atoms with Gasteiger partial charge in [0.15, 0.2) is 6.61 Å². The zero-order valence-corrected chi connectivity index (χ0v) is 13.0. The molecule has 128 valence electrons. The maximum absolute atomic E-state index is 12.1. The lowest BCUT2D eigenvalue weighted by Crippen LogP contribution is -2.40. The first kappa shape index (κ1) is 18.9. The number of carbonyl (C=O) groups is 2. The maximum atomic E-state index is 12.1. The monoisotopic (exact) mass is 332 g/mol. The van der Waals surface area contributed by atoms with E-state index >= 15 is 0 Å². The third-order valence-electron chi connectivity index (χ3n) is 3.14. The van der Waals surface area contributed by atoms with Crippen LogP contribution in [0.2, 0.25) is 0 Å². The van der Waals surface area contributed by atoms with Gasteiger partial charge in [0.05, 0.1) is 12.2 Å². The first-order valence-electron chi connectivity index (χ1n) is 7.15. The van der Waals surface area contributed by atoms with Crippen LogP contribution in [0, 0.1) is 5.92 Å². The molecule has 1 aromatic heterocycles. The summed E-state index contributed by atoms with van der Waals surface area (Å²) in [6, 6.07) is 5.08. The highest BCUT2D eigenvalue weighted by Crippen LogP contribution is 2.15. The SMILES string of the molecule is CC[C@@H](C)CN(Cc1ccccn1)C(=O)C(=O)OCC(F)(F)F. The van der Waals surface area contributed by atoms with Crippen LogP contribution < -0.4 is 0 Å². The van der Waals surface area contributed by atoms with Crippen LogP contribution >= 0.6 is 0 Å². The highest BCUT2D eigenvalue weighted by molar-refractivity contribution is 6.32. The summed E-state index contributed by atoms with van der Waals surface area (Å²) in [7, 11) is 0. The molecule has 0 saturated carbocycles. The number of nitrogens with zero attached hydrogens (tertiary/aromatic N) is 2. The predicted octanol–water partition coefficient (Wildman–Crippen LogP) is 2.56. The number of amides is 1. The number of halogens is 3. The number of carbonyl (C=O) groups excluding carboxylic acids is 2. The largest absolute Gasteiger partial charge is 0.449 e. The summed E-state index contributed by atoms with van der Waals surface area (Å²) in [6.07, 6.45) is -2.38. The van der Waals surface area contributed by atoms with E-state index in [1.165, 1.54) is 6.20 Å². The fourth-order valence-corrected chi connectivity index (χ4v) is 1.75. The average Bonchev–Trinajstić information content (AvgIpc) is 2.51. The van der Waals surface area contributed by atoms with Crippen LogP contribution in [-0.2, 0) is 20.9 Å². The molecule has 1 atom stereocenters. The van der Waals surface area contributed by atoms with E-state index in [9.17, 15) is 22.8 Å². The second-order valence-corrected chi connectivity index (χ2v) is 5.21. The van der Waals surface area contributed by atoms with E-state index in [0.717, 1.165) is 11.3 Å². The highest BCUT2D eigenvalue weighted by Gasteiger charge is 2.32. The van der Waals surface area contributed by atoms with Crippen LogP contribution in [0.4, 0.5) is 13.2 Å². The van der Waals surface area contributed by atoms with Crippen molar-refractivity contribution in [3.63, 3.8) is 0 Å². The van der Waals surface area contributed by atoms with Gasteiger partial charge in [-0.1, -0.05) is 26.3 Å². The molecule has 0 bridgehead atoms. The number of pyridine rings is 1. The van der Waals surface area contributed by atoms with Gasteiger partial charge in [0.1, 0.15) is 0 Å². The predicted molar refractivity (Wildman–Crippen MR) is 76.1 cm³/mol. The van der Waals surface area contributed by atoms with Crippen molar-refractivity contribution in [3.8, 4) is 0 Å². The van der Waals surface area contributed by atoms with Crippen LogP contribution in [0.15, 0.2) is 24.4 Å².